The first-order valence-corrected chi connectivity index (χ1v) is 15.9. The maximum Gasteiger partial charge on any atom is 0.422 e. The Kier molecular flexibility index (Phi) is 10.3. The average Bonchev–Trinajstić information content (AvgIpc) is 3.67. The Labute approximate surface area is 269 Å². The van der Waals surface area contributed by atoms with Crippen LogP contribution in [0.3, 0.4) is 0 Å². The summed E-state index contributed by atoms with van der Waals surface area (Å²) in [5.74, 6) is 1.09. The number of hydrogen-bond acceptors (Lipinski definition) is 8. The molecule has 1 saturated heterocycles. The van der Waals surface area contributed by atoms with Gasteiger partial charge in [0.1, 0.15) is 24.3 Å². The number of ether oxygens (including phenoxy) is 1. The molecule has 1 N–H and O–H groups in total. The standard InChI is InChI=1S/C37H40N4O5/c42-36-34(46-37(43)41(36)22-8-21-39-23-25-40(26-24-39)32-12-5-2-6-13-32)14-7-11-30-15-18-33(19-16-30)44-27-31-28-45-35(38-31)20-17-29-9-3-1-4-10-29/h1-6,9-10,12-13,15-20,28,42H,7-8,11,14,21-27H2. The number of hydrogen-bond donors (Lipinski definition) is 1. The summed E-state index contributed by atoms with van der Waals surface area (Å²) < 4.78 is 18.2. The van der Waals surface area contributed by atoms with Crippen molar-refractivity contribution >= 4 is 17.8 Å². The van der Waals surface area contributed by atoms with Crippen LogP contribution in [0.2, 0.25) is 0 Å². The zero-order chi connectivity index (χ0) is 31.6. The minimum Gasteiger partial charge on any atom is -0.492 e. The summed E-state index contributed by atoms with van der Waals surface area (Å²) in [6, 6.07) is 28.4. The van der Waals surface area contributed by atoms with Gasteiger partial charge in [0.15, 0.2) is 5.76 Å². The Morgan fingerprint density at radius 1 is 0.826 bits per heavy atom. The van der Waals surface area contributed by atoms with E-state index in [2.05, 4.69) is 39.0 Å². The third kappa shape index (κ3) is 8.37. The molecule has 0 spiro atoms. The summed E-state index contributed by atoms with van der Waals surface area (Å²) in [7, 11) is 0. The Bertz CT molecular complexity index is 1730. The third-order valence-corrected chi connectivity index (χ3v) is 8.25. The van der Waals surface area contributed by atoms with Crippen molar-refractivity contribution in [2.45, 2.75) is 38.8 Å². The molecule has 9 nitrogen and oxygen atoms in total. The fraction of sp³-hybridized carbons (Fsp3) is 0.297. The van der Waals surface area contributed by atoms with Gasteiger partial charge in [-0.1, -0.05) is 60.7 Å². The minimum atomic E-state index is -0.491. The Hall–Kier alpha value is -5.02. The van der Waals surface area contributed by atoms with Crippen molar-refractivity contribution in [3.05, 3.63) is 130 Å². The van der Waals surface area contributed by atoms with Crippen molar-refractivity contribution < 1.29 is 18.7 Å². The molecule has 9 heteroatoms. The highest BCUT2D eigenvalue weighted by atomic mass is 16.5. The lowest BCUT2D eigenvalue weighted by Crippen LogP contribution is -2.46. The average molecular weight is 621 g/mol. The number of nitrogens with zero attached hydrogens (tertiary/aromatic N) is 4. The van der Waals surface area contributed by atoms with Crippen LogP contribution >= 0.6 is 0 Å². The second-order valence-electron chi connectivity index (χ2n) is 11.5. The molecule has 238 valence electrons. The summed E-state index contributed by atoms with van der Waals surface area (Å²) in [5.41, 5.74) is 4.19. The number of piperazine rings is 1. The maximum atomic E-state index is 12.5. The molecule has 0 aliphatic carbocycles. The van der Waals surface area contributed by atoms with Crippen molar-refractivity contribution in [1.29, 1.82) is 0 Å². The number of oxazole rings is 2. The molecule has 0 radical (unpaired) electrons. The number of aromatic nitrogens is 2. The number of anilines is 1. The van der Waals surface area contributed by atoms with Crippen LogP contribution in [0.4, 0.5) is 5.69 Å². The van der Waals surface area contributed by atoms with Gasteiger partial charge in [0, 0.05) is 50.9 Å². The highest BCUT2D eigenvalue weighted by Gasteiger charge is 2.19. The Morgan fingerprint density at radius 3 is 2.33 bits per heavy atom. The van der Waals surface area contributed by atoms with Crippen LogP contribution in [0.15, 0.2) is 105 Å². The molecule has 0 saturated carbocycles. The van der Waals surface area contributed by atoms with Crippen LogP contribution in [0.1, 0.15) is 41.3 Å². The number of para-hydroxylation sites is 1. The summed E-state index contributed by atoms with van der Waals surface area (Å²) in [5, 5.41) is 10.7. The number of benzene rings is 3. The van der Waals surface area contributed by atoms with Gasteiger partial charge in [-0.2, -0.15) is 0 Å². The van der Waals surface area contributed by atoms with Crippen LogP contribution in [-0.2, 0) is 26.0 Å². The van der Waals surface area contributed by atoms with Gasteiger partial charge in [0.25, 0.3) is 0 Å². The lowest BCUT2D eigenvalue weighted by molar-refractivity contribution is 0.247. The van der Waals surface area contributed by atoms with E-state index in [1.54, 1.807) is 6.26 Å². The van der Waals surface area contributed by atoms with Gasteiger partial charge in [0.2, 0.25) is 11.8 Å². The fourth-order valence-electron chi connectivity index (χ4n) is 5.68. The van der Waals surface area contributed by atoms with E-state index in [-0.39, 0.29) is 5.88 Å². The molecular formula is C37H40N4O5. The molecule has 3 aromatic carbocycles. The van der Waals surface area contributed by atoms with E-state index in [0.717, 1.165) is 68.9 Å². The van der Waals surface area contributed by atoms with Crippen molar-refractivity contribution in [2.75, 3.05) is 37.6 Å². The number of aromatic hydroxyl groups is 1. The van der Waals surface area contributed by atoms with E-state index >= 15 is 0 Å². The second-order valence-corrected chi connectivity index (χ2v) is 11.5. The Morgan fingerprint density at radius 2 is 1.57 bits per heavy atom. The maximum absolute atomic E-state index is 12.5. The predicted molar refractivity (Wildman–Crippen MR) is 179 cm³/mol. The lowest BCUT2D eigenvalue weighted by Gasteiger charge is -2.36. The van der Waals surface area contributed by atoms with E-state index in [4.69, 9.17) is 13.6 Å². The summed E-state index contributed by atoms with van der Waals surface area (Å²) >= 11 is 0. The van der Waals surface area contributed by atoms with Crippen LogP contribution in [0, 0.1) is 0 Å². The zero-order valence-corrected chi connectivity index (χ0v) is 26.0. The molecule has 0 unspecified atom stereocenters. The predicted octanol–water partition coefficient (Wildman–Crippen LogP) is 6.27. The van der Waals surface area contributed by atoms with Gasteiger partial charge in [-0.15, -0.1) is 0 Å². The van der Waals surface area contributed by atoms with Crippen LogP contribution in [-0.4, -0.2) is 52.3 Å². The largest absolute Gasteiger partial charge is 0.492 e. The van der Waals surface area contributed by atoms with Gasteiger partial charge < -0.3 is 23.6 Å². The fourth-order valence-corrected chi connectivity index (χ4v) is 5.68. The highest BCUT2D eigenvalue weighted by Crippen LogP contribution is 2.21. The molecular weight excluding hydrogens is 580 g/mol. The number of rotatable bonds is 14. The van der Waals surface area contributed by atoms with Crippen molar-refractivity contribution in [2.24, 2.45) is 0 Å². The molecule has 3 heterocycles. The monoisotopic (exact) mass is 620 g/mol. The smallest absolute Gasteiger partial charge is 0.422 e. The molecule has 0 amide bonds. The minimum absolute atomic E-state index is 0.0470. The third-order valence-electron chi connectivity index (χ3n) is 8.25. The van der Waals surface area contributed by atoms with E-state index < -0.39 is 5.76 Å². The normalized spacial score (nSPS) is 13.9. The molecule has 0 bridgehead atoms. The summed E-state index contributed by atoms with van der Waals surface area (Å²) in [6.07, 6.45) is 8.18. The van der Waals surface area contributed by atoms with E-state index in [1.165, 1.54) is 10.3 Å². The molecule has 46 heavy (non-hydrogen) atoms. The van der Waals surface area contributed by atoms with E-state index in [0.29, 0.717) is 36.9 Å². The SMILES string of the molecule is O=c1oc(CCCc2ccc(OCc3coc(C=Cc4ccccc4)n3)cc2)c(O)n1CCCN1CCN(c2ccccc2)CC1. The van der Waals surface area contributed by atoms with Crippen molar-refractivity contribution in [1.82, 2.24) is 14.5 Å². The molecule has 0 atom stereocenters. The number of aryl methyl sites for hydroxylation is 2. The zero-order valence-electron chi connectivity index (χ0n) is 26.0. The van der Waals surface area contributed by atoms with Crippen LogP contribution in [0.5, 0.6) is 11.6 Å². The van der Waals surface area contributed by atoms with Crippen molar-refractivity contribution in [3.63, 3.8) is 0 Å². The van der Waals surface area contributed by atoms with Gasteiger partial charge >= 0.3 is 5.76 Å². The Balaban J connectivity index is 0.900. The summed E-state index contributed by atoms with van der Waals surface area (Å²) in [4.78, 5) is 21.7. The van der Waals surface area contributed by atoms with Gasteiger partial charge in [0.05, 0.1) is 0 Å². The van der Waals surface area contributed by atoms with Gasteiger partial charge in [-0.3, -0.25) is 4.90 Å². The van der Waals surface area contributed by atoms with E-state index in [9.17, 15) is 9.90 Å². The molecule has 1 aliphatic rings. The first-order valence-electron chi connectivity index (χ1n) is 15.9. The second kappa shape index (κ2) is 15.3. The molecule has 5 aromatic rings. The van der Waals surface area contributed by atoms with Gasteiger partial charge in [-0.05, 0) is 67.3 Å². The topological polar surface area (TPSA) is 97.1 Å². The highest BCUT2D eigenvalue weighted by molar-refractivity contribution is 5.65. The van der Waals surface area contributed by atoms with Crippen LogP contribution < -0.4 is 15.4 Å². The molecule has 2 aromatic heterocycles. The van der Waals surface area contributed by atoms with Crippen LogP contribution in [0.25, 0.3) is 12.2 Å². The molecule has 1 fully saturated rings. The molecule has 6 rings (SSSR count). The lowest BCUT2D eigenvalue weighted by atomic mass is 10.1. The molecule has 1 aliphatic heterocycles. The van der Waals surface area contributed by atoms with Gasteiger partial charge in [-0.25, -0.2) is 14.3 Å². The first kappa shape index (κ1) is 31.0. The van der Waals surface area contributed by atoms with E-state index in [1.807, 2.05) is 72.8 Å². The first-order chi connectivity index (χ1) is 22.6. The quantitative estimate of drug-likeness (QED) is 0.155. The van der Waals surface area contributed by atoms with Crippen molar-refractivity contribution in [3.8, 4) is 11.6 Å². The summed E-state index contributed by atoms with van der Waals surface area (Å²) in [6.45, 7) is 5.55.